The Balaban J connectivity index is 1.91. The maximum Gasteiger partial charge on any atom is 0.279 e. The number of aryl methyl sites for hydroxylation is 3. The highest BCUT2D eigenvalue weighted by atomic mass is 32.1. The third kappa shape index (κ3) is 4.53. The predicted molar refractivity (Wildman–Crippen MR) is 94.3 cm³/mol. The van der Waals surface area contributed by atoms with Gasteiger partial charge in [-0.15, -0.1) is 11.3 Å². The van der Waals surface area contributed by atoms with Crippen molar-refractivity contribution in [2.45, 2.75) is 27.2 Å². The van der Waals surface area contributed by atoms with E-state index in [9.17, 15) is 9.59 Å². The fraction of sp³-hybridized carbons (Fsp3) is 0.222. The van der Waals surface area contributed by atoms with Crippen LogP contribution >= 0.6 is 11.3 Å². The van der Waals surface area contributed by atoms with E-state index in [1.165, 1.54) is 22.3 Å². The summed E-state index contributed by atoms with van der Waals surface area (Å²) in [5.74, 6) is -0.666. The molecule has 2 amide bonds. The molecule has 2 N–H and O–H groups in total. The van der Waals surface area contributed by atoms with Gasteiger partial charge in [-0.3, -0.25) is 20.4 Å². The zero-order valence-electron chi connectivity index (χ0n) is 13.5. The third-order valence-corrected chi connectivity index (χ3v) is 4.85. The Morgan fingerprint density at radius 3 is 2.52 bits per heavy atom. The number of carbonyl (C=O) groups excluding carboxylic acids is 2. The molecule has 0 spiro atoms. The Bertz CT molecular complexity index is 747. The molecule has 5 heteroatoms. The van der Waals surface area contributed by atoms with Gasteiger partial charge in [0.05, 0.1) is 4.88 Å². The Morgan fingerprint density at radius 2 is 1.87 bits per heavy atom. The molecule has 0 saturated carbocycles. The Labute approximate surface area is 140 Å². The van der Waals surface area contributed by atoms with Crippen LogP contribution in [0.5, 0.6) is 0 Å². The van der Waals surface area contributed by atoms with Crippen LogP contribution in [0.2, 0.25) is 0 Å². The molecule has 0 aliphatic rings. The van der Waals surface area contributed by atoms with Gasteiger partial charge in [0.2, 0.25) is 0 Å². The average molecular weight is 328 g/mol. The zero-order chi connectivity index (χ0) is 16.8. The maximum atomic E-state index is 12.0. The number of hydrogen-bond acceptors (Lipinski definition) is 3. The van der Waals surface area contributed by atoms with E-state index in [0.29, 0.717) is 4.88 Å². The van der Waals surface area contributed by atoms with Gasteiger partial charge >= 0.3 is 0 Å². The lowest BCUT2D eigenvalue weighted by Gasteiger charge is -2.03. The molecule has 2 aromatic rings. The van der Waals surface area contributed by atoms with Crippen molar-refractivity contribution in [2.75, 3.05) is 0 Å². The molecule has 0 saturated heterocycles. The van der Waals surface area contributed by atoms with Crippen molar-refractivity contribution in [2.24, 2.45) is 0 Å². The second-order valence-electron chi connectivity index (χ2n) is 5.20. The summed E-state index contributed by atoms with van der Waals surface area (Å²) >= 11 is 1.45. The van der Waals surface area contributed by atoms with Crippen molar-refractivity contribution in [3.63, 3.8) is 0 Å². The summed E-state index contributed by atoms with van der Waals surface area (Å²) in [6.07, 6.45) is 4.02. The van der Waals surface area contributed by atoms with E-state index in [1.54, 1.807) is 6.08 Å². The lowest BCUT2D eigenvalue weighted by molar-refractivity contribution is -0.117. The van der Waals surface area contributed by atoms with E-state index in [2.05, 4.69) is 17.8 Å². The highest BCUT2D eigenvalue weighted by molar-refractivity contribution is 7.14. The summed E-state index contributed by atoms with van der Waals surface area (Å²) in [6, 6.07) is 9.60. The first kappa shape index (κ1) is 17.0. The first-order chi connectivity index (χ1) is 11.0. The number of carbonyl (C=O) groups is 2. The van der Waals surface area contributed by atoms with Crippen LogP contribution in [0.3, 0.4) is 0 Å². The number of thiophene rings is 1. The largest absolute Gasteiger partial charge is 0.279 e. The summed E-state index contributed by atoms with van der Waals surface area (Å²) in [5.41, 5.74) is 7.99. The van der Waals surface area contributed by atoms with Gasteiger partial charge in [0.1, 0.15) is 0 Å². The normalized spacial score (nSPS) is 10.7. The van der Waals surface area contributed by atoms with E-state index in [-0.39, 0.29) is 11.8 Å². The number of rotatable bonds is 4. The zero-order valence-corrected chi connectivity index (χ0v) is 14.3. The van der Waals surface area contributed by atoms with Crippen molar-refractivity contribution < 1.29 is 9.59 Å². The van der Waals surface area contributed by atoms with E-state index >= 15 is 0 Å². The molecule has 0 aliphatic heterocycles. The molecule has 0 bridgehead atoms. The predicted octanol–water partition coefficient (Wildman–Crippen LogP) is 3.40. The van der Waals surface area contributed by atoms with Crippen LogP contribution in [-0.2, 0) is 11.2 Å². The summed E-state index contributed by atoms with van der Waals surface area (Å²) in [6.45, 7) is 6.01. The fourth-order valence-electron chi connectivity index (χ4n) is 2.14. The van der Waals surface area contributed by atoms with Crippen LogP contribution in [0.4, 0.5) is 0 Å². The van der Waals surface area contributed by atoms with Gasteiger partial charge in [0.15, 0.2) is 0 Å². The number of hydrazine groups is 1. The summed E-state index contributed by atoms with van der Waals surface area (Å²) < 4.78 is 0. The van der Waals surface area contributed by atoms with Gasteiger partial charge in [-0.2, -0.15) is 0 Å². The topological polar surface area (TPSA) is 58.2 Å². The number of nitrogens with one attached hydrogen (secondary N) is 2. The van der Waals surface area contributed by atoms with Gasteiger partial charge in [-0.1, -0.05) is 31.2 Å². The highest BCUT2D eigenvalue weighted by Gasteiger charge is 2.11. The van der Waals surface area contributed by atoms with Crippen molar-refractivity contribution >= 4 is 29.2 Å². The summed E-state index contributed by atoms with van der Waals surface area (Å²) in [5, 5.41) is 0. The van der Waals surface area contributed by atoms with E-state index in [1.807, 2.05) is 44.2 Å². The number of amides is 2. The summed E-state index contributed by atoms with van der Waals surface area (Å²) in [7, 11) is 0. The highest BCUT2D eigenvalue weighted by Crippen LogP contribution is 2.21. The molecule has 0 unspecified atom stereocenters. The van der Waals surface area contributed by atoms with Crippen LogP contribution in [0.1, 0.15) is 38.2 Å². The molecule has 0 atom stereocenters. The average Bonchev–Trinajstić information content (AvgIpc) is 2.93. The van der Waals surface area contributed by atoms with Crippen molar-refractivity contribution in [1.82, 2.24) is 10.9 Å². The van der Waals surface area contributed by atoms with Gasteiger partial charge in [-0.25, -0.2) is 0 Å². The molecule has 1 aromatic heterocycles. The Morgan fingerprint density at radius 1 is 1.13 bits per heavy atom. The minimum atomic E-state index is -0.370. The molecule has 0 radical (unpaired) electrons. The molecule has 2 rings (SSSR count). The molecule has 1 heterocycles. The lowest BCUT2D eigenvalue weighted by Crippen LogP contribution is -2.40. The van der Waals surface area contributed by atoms with Gasteiger partial charge in [0.25, 0.3) is 11.8 Å². The third-order valence-electron chi connectivity index (χ3n) is 3.47. The lowest BCUT2D eigenvalue weighted by atomic mass is 10.1. The second-order valence-corrected chi connectivity index (χ2v) is 6.34. The fourth-order valence-corrected chi connectivity index (χ4v) is 3.15. The van der Waals surface area contributed by atoms with Gasteiger partial charge < -0.3 is 0 Å². The second kappa shape index (κ2) is 7.74. The molecule has 23 heavy (non-hydrogen) atoms. The minimum absolute atomic E-state index is 0.296. The molecular weight excluding hydrogens is 308 g/mol. The molecule has 0 fully saturated rings. The van der Waals surface area contributed by atoms with Crippen molar-refractivity contribution in [3.05, 3.63) is 62.9 Å². The van der Waals surface area contributed by atoms with Crippen LogP contribution in [0.15, 0.2) is 36.4 Å². The van der Waals surface area contributed by atoms with Gasteiger partial charge in [0, 0.05) is 11.0 Å². The van der Waals surface area contributed by atoms with Crippen LogP contribution in [0, 0.1) is 13.8 Å². The van der Waals surface area contributed by atoms with Gasteiger partial charge in [-0.05, 0) is 49.1 Å². The Kier molecular flexibility index (Phi) is 5.71. The van der Waals surface area contributed by atoms with Crippen LogP contribution in [0.25, 0.3) is 6.08 Å². The quantitative estimate of drug-likeness (QED) is 0.667. The van der Waals surface area contributed by atoms with E-state index in [0.717, 1.165) is 23.1 Å². The summed E-state index contributed by atoms with van der Waals surface area (Å²) in [4.78, 5) is 25.6. The molecule has 120 valence electrons. The van der Waals surface area contributed by atoms with Crippen molar-refractivity contribution in [3.8, 4) is 0 Å². The van der Waals surface area contributed by atoms with Crippen LogP contribution < -0.4 is 10.9 Å². The SMILES string of the molecule is CCc1sc(C(=O)NNC(=O)/C=C/c2ccccc2C)cc1C. The monoisotopic (exact) mass is 328 g/mol. The molecule has 4 nitrogen and oxygen atoms in total. The van der Waals surface area contributed by atoms with Crippen LogP contribution in [-0.4, -0.2) is 11.8 Å². The van der Waals surface area contributed by atoms with E-state index < -0.39 is 0 Å². The van der Waals surface area contributed by atoms with E-state index in [4.69, 9.17) is 0 Å². The first-order valence-electron chi connectivity index (χ1n) is 7.44. The minimum Gasteiger partial charge on any atom is -0.268 e. The van der Waals surface area contributed by atoms with Crippen molar-refractivity contribution in [1.29, 1.82) is 0 Å². The molecule has 1 aromatic carbocycles. The standard InChI is InChI=1S/C18H20N2O2S/c1-4-15-13(3)11-16(23-15)18(22)20-19-17(21)10-9-14-8-6-5-7-12(14)2/h5-11H,4H2,1-3H3,(H,19,21)(H,20,22)/b10-9+. The molecular formula is C18H20N2O2S. The number of hydrogen-bond donors (Lipinski definition) is 2. The smallest absolute Gasteiger partial charge is 0.268 e. The first-order valence-corrected chi connectivity index (χ1v) is 8.26. The molecule has 0 aliphatic carbocycles. The number of benzene rings is 1. The maximum absolute atomic E-state index is 12.0. The Hall–Kier alpha value is -2.40.